The van der Waals surface area contributed by atoms with Gasteiger partial charge >= 0.3 is 5.97 Å². The highest BCUT2D eigenvalue weighted by Gasteiger charge is 1.96. The lowest BCUT2D eigenvalue weighted by atomic mass is 10.5. The van der Waals surface area contributed by atoms with Crippen LogP contribution in [-0.4, -0.2) is 26.6 Å². The fourth-order valence-corrected chi connectivity index (χ4v) is 1.48. The quantitative estimate of drug-likeness (QED) is 0.698. The molecule has 0 unspecified atom stereocenters. The van der Waals surface area contributed by atoms with Crippen molar-refractivity contribution < 1.29 is 9.90 Å². The first-order valence-electron chi connectivity index (χ1n) is 3.56. The molecule has 1 heterocycles. The Balaban J connectivity index is 2.07. The molecule has 0 aliphatic heterocycles. The van der Waals surface area contributed by atoms with Gasteiger partial charge in [-0.2, -0.15) is 5.10 Å². The molecule has 66 valence electrons. The van der Waals surface area contributed by atoms with E-state index < -0.39 is 5.97 Å². The van der Waals surface area contributed by atoms with Gasteiger partial charge < -0.3 is 5.11 Å². The Morgan fingerprint density at radius 2 is 2.50 bits per heavy atom. The number of aromatic nitrogens is 2. The van der Waals surface area contributed by atoms with Crippen LogP contribution in [0.2, 0.25) is 0 Å². The van der Waals surface area contributed by atoms with E-state index in [9.17, 15) is 4.79 Å². The van der Waals surface area contributed by atoms with E-state index in [0.717, 1.165) is 5.88 Å². The molecule has 0 aliphatic carbocycles. The fraction of sp³-hybridized carbons (Fsp3) is 0.429. The van der Waals surface area contributed by atoms with Crippen molar-refractivity contribution in [1.29, 1.82) is 0 Å². The molecule has 12 heavy (non-hydrogen) atoms. The van der Waals surface area contributed by atoms with Crippen molar-refractivity contribution in [3.8, 4) is 0 Å². The van der Waals surface area contributed by atoms with Crippen molar-refractivity contribution in [3.05, 3.63) is 18.5 Å². The molecular weight excluding hydrogens is 176 g/mol. The van der Waals surface area contributed by atoms with Crippen LogP contribution in [-0.2, 0) is 10.7 Å². The Morgan fingerprint density at radius 3 is 3.08 bits per heavy atom. The number of thioether (sulfide) groups is 1. The van der Waals surface area contributed by atoms with Crippen LogP contribution in [0.1, 0.15) is 6.42 Å². The smallest absolute Gasteiger partial charge is 0.304 e. The van der Waals surface area contributed by atoms with Gasteiger partial charge in [-0.1, -0.05) is 0 Å². The summed E-state index contributed by atoms with van der Waals surface area (Å²) in [4.78, 5) is 10.1. The van der Waals surface area contributed by atoms with Crippen molar-refractivity contribution in [1.82, 2.24) is 9.78 Å². The van der Waals surface area contributed by atoms with Crippen molar-refractivity contribution in [2.75, 3.05) is 5.75 Å². The minimum atomic E-state index is -0.747. The van der Waals surface area contributed by atoms with Gasteiger partial charge in [0.15, 0.2) is 0 Å². The molecule has 0 bridgehead atoms. The summed E-state index contributed by atoms with van der Waals surface area (Å²) >= 11 is 1.56. The zero-order valence-corrected chi connectivity index (χ0v) is 7.33. The number of aliphatic carboxylic acids is 1. The van der Waals surface area contributed by atoms with Crippen LogP contribution in [0.3, 0.4) is 0 Å². The molecule has 0 fully saturated rings. The topological polar surface area (TPSA) is 55.1 Å². The number of carboxylic acid groups (broad SMARTS) is 1. The molecule has 0 atom stereocenters. The minimum absolute atomic E-state index is 0.214. The van der Waals surface area contributed by atoms with Gasteiger partial charge in [0.05, 0.1) is 12.3 Å². The molecular formula is C7H10N2O2S. The molecule has 5 heteroatoms. The van der Waals surface area contributed by atoms with E-state index in [-0.39, 0.29) is 6.42 Å². The first-order chi connectivity index (χ1) is 5.79. The van der Waals surface area contributed by atoms with Crippen LogP contribution >= 0.6 is 11.8 Å². The van der Waals surface area contributed by atoms with E-state index in [1.165, 1.54) is 0 Å². The summed E-state index contributed by atoms with van der Waals surface area (Å²) in [5.41, 5.74) is 0. The summed E-state index contributed by atoms with van der Waals surface area (Å²) in [6.45, 7) is 0. The lowest BCUT2D eigenvalue weighted by molar-refractivity contribution is -0.136. The van der Waals surface area contributed by atoms with Crippen LogP contribution in [0.4, 0.5) is 0 Å². The average Bonchev–Trinajstić information content (AvgIpc) is 2.49. The predicted octanol–water partition coefficient (Wildman–Crippen LogP) is 1.05. The third-order valence-electron chi connectivity index (χ3n) is 1.24. The Kier molecular flexibility index (Phi) is 3.66. The maximum absolute atomic E-state index is 10.1. The van der Waals surface area contributed by atoms with Crippen molar-refractivity contribution in [3.63, 3.8) is 0 Å². The molecule has 0 radical (unpaired) electrons. The number of carboxylic acids is 1. The average molecular weight is 186 g/mol. The second kappa shape index (κ2) is 4.82. The maximum atomic E-state index is 10.1. The highest BCUT2D eigenvalue weighted by Crippen LogP contribution is 2.05. The van der Waals surface area contributed by atoms with Crippen molar-refractivity contribution >= 4 is 17.7 Å². The number of hydrogen-bond donors (Lipinski definition) is 1. The van der Waals surface area contributed by atoms with Gasteiger partial charge in [0.1, 0.15) is 0 Å². The van der Waals surface area contributed by atoms with E-state index in [2.05, 4.69) is 5.10 Å². The molecule has 0 aliphatic rings. The second-order valence-electron chi connectivity index (χ2n) is 2.23. The van der Waals surface area contributed by atoms with Crippen LogP contribution < -0.4 is 0 Å². The van der Waals surface area contributed by atoms with Crippen molar-refractivity contribution in [2.24, 2.45) is 0 Å². The van der Waals surface area contributed by atoms with Gasteiger partial charge in [0, 0.05) is 18.1 Å². The second-order valence-corrected chi connectivity index (χ2v) is 3.30. The van der Waals surface area contributed by atoms with E-state index >= 15 is 0 Å². The minimum Gasteiger partial charge on any atom is -0.481 e. The van der Waals surface area contributed by atoms with E-state index in [1.807, 2.05) is 12.3 Å². The lowest BCUT2D eigenvalue weighted by Crippen LogP contribution is -1.99. The zero-order valence-electron chi connectivity index (χ0n) is 6.51. The normalized spacial score (nSPS) is 10.0. The van der Waals surface area contributed by atoms with Gasteiger partial charge in [0.25, 0.3) is 0 Å². The first kappa shape index (κ1) is 9.12. The van der Waals surface area contributed by atoms with Gasteiger partial charge in [-0.05, 0) is 6.07 Å². The number of hydrogen-bond acceptors (Lipinski definition) is 3. The Bertz CT molecular complexity index is 236. The number of nitrogens with zero attached hydrogens (tertiary/aromatic N) is 2. The van der Waals surface area contributed by atoms with Gasteiger partial charge in [-0.3, -0.25) is 9.48 Å². The molecule has 0 saturated heterocycles. The highest BCUT2D eigenvalue weighted by atomic mass is 32.2. The van der Waals surface area contributed by atoms with Crippen LogP contribution in [0.25, 0.3) is 0 Å². The maximum Gasteiger partial charge on any atom is 0.304 e. The fourth-order valence-electron chi connectivity index (χ4n) is 0.694. The Labute approximate surface area is 74.6 Å². The standard InChI is InChI=1S/C7H10N2O2S/c10-7(11)2-5-12-6-9-4-1-3-8-9/h1,3-4H,2,5-6H2,(H,10,11). The molecule has 1 aromatic heterocycles. The molecule has 0 aromatic carbocycles. The van der Waals surface area contributed by atoms with Crippen molar-refractivity contribution in [2.45, 2.75) is 12.3 Å². The molecule has 1 aromatic rings. The summed E-state index contributed by atoms with van der Waals surface area (Å²) in [6, 6.07) is 1.84. The SMILES string of the molecule is O=C(O)CCSCn1cccn1. The predicted molar refractivity (Wildman–Crippen MR) is 46.9 cm³/mol. The summed E-state index contributed by atoms with van der Waals surface area (Å²) < 4.78 is 1.77. The third-order valence-corrected chi connectivity index (χ3v) is 2.18. The molecule has 4 nitrogen and oxygen atoms in total. The van der Waals surface area contributed by atoms with Crippen LogP contribution in [0.15, 0.2) is 18.5 Å². The molecule has 0 amide bonds. The summed E-state index contributed by atoms with van der Waals surface area (Å²) in [5, 5.41) is 12.3. The summed E-state index contributed by atoms with van der Waals surface area (Å²) in [6.07, 6.45) is 3.78. The molecule has 1 N–H and O–H groups in total. The first-order valence-corrected chi connectivity index (χ1v) is 4.71. The molecule has 0 spiro atoms. The van der Waals surface area contributed by atoms with E-state index in [0.29, 0.717) is 5.75 Å². The zero-order chi connectivity index (χ0) is 8.81. The van der Waals surface area contributed by atoms with E-state index in [4.69, 9.17) is 5.11 Å². The Morgan fingerprint density at radius 1 is 1.67 bits per heavy atom. The summed E-state index contributed by atoms with van der Waals surface area (Å²) in [7, 11) is 0. The van der Waals surface area contributed by atoms with Gasteiger partial charge in [-0.25, -0.2) is 0 Å². The van der Waals surface area contributed by atoms with Crippen LogP contribution in [0, 0.1) is 0 Å². The van der Waals surface area contributed by atoms with Crippen LogP contribution in [0.5, 0.6) is 0 Å². The highest BCUT2D eigenvalue weighted by molar-refractivity contribution is 7.98. The summed E-state index contributed by atoms with van der Waals surface area (Å²) in [5.74, 6) is 0.609. The number of carbonyl (C=O) groups is 1. The van der Waals surface area contributed by atoms with Gasteiger partial charge in [0.2, 0.25) is 0 Å². The van der Waals surface area contributed by atoms with E-state index in [1.54, 1.807) is 22.6 Å². The van der Waals surface area contributed by atoms with Gasteiger partial charge in [-0.15, -0.1) is 11.8 Å². The monoisotopic (exact) mass is 186 g/mol. The third kappa shape index (κ3) is 3.43. The molecule has 1 rings (SSSR count). The molecule has 0 saturated carbocycles. The number of rotatable bonds is 5. The lowest BCUT2D eigenvalue weighted by Gasteiger charge is -1.98. The Hall–Kier alpha value is -0.970. The largest absolute Gasteiger partial charge is 0.481 e.